The van der Waals surface area contributed by atoms with Gasteiger partial charge in [-0.3, -0.25) is 0 Å². The number of rotatable bonds is 4. The van der Waals surface area contributed by atoms with Gasteiger partial charge in [-0.05, 0) is 24.6 Å². The highest BCUT2D eigenvalue weighted by molar-refractivity contribution is 7.99. The molecule has 0 aliphatic carbocycles. The van der Waals surface area contributed by atoms with E-state index in [2.05, 4.69) is 9.97 Å². The van der Waals surface area contributed by atoms with Crippen LogP contribution in [0.25, 0.3) is 0 Å². The molecule has 0 bridgehead atoms. The molecular weight excluding hydrogens is 290 g/mol. The maximum atomic E-state index is 13.6. The molecule has 0 aliphatic rings. The van der Waals surface area contributed by atoms with Crippen molar-refractivity contribution in [1.29, 1.82) is 0 Å². The molecule has 2 rings (SSSR count). The number of hydrogen-bond donors (Lipinski definition) is 0. The van der Waals surface area contributed by atoms with Gasteiger partial charge in [0, 0.05) is 5.56 Å². The second-order valence-electron chi connectivity index (χ2n) is 3.87. The maximum Gasteiger partial charge on any atom is 0.137 e. The third kappa shape index (κ3) is 3.42. The van der Waals surface area contributed by atoms with Crippen LogP contribution in [0, 0.1) is 11.6 Å². The molecule has 6 heteroatoms. The molecule has 0 fully saturated rings. The lowest BCUT2D eigenvalue weighted by Crippen LogP contribution is -1.96. The van der Waals surface area contributed by atoms with Crippen LogP contribution in [0.1, 0.15) is 18.9 Å². The van der Waals surface area contributed by atoms with Gasteiger partial charge in [0.2, 0.25) is 0 Å². The Morgan fingerprint density at radius 2 is 2.05 bits per heavy atom. The minimum absolute atomic E-state index is 0.187. The van der Waals surface area contributed by atoms with Gasteiger partial charge in [0.1, 0.15) is 28.1 Å². The molecule has 1 aromatic carbocycles. The van der Waals surface area contributed by atoms with Gasteiger partial charge in [0.05, 0.1) is 4.90 Å². The molecule has 1 aromatic heterocycles. The SMILES string of the molecule is CCCc1c(Cl)ncnc1Sc1cc(F)ccc1F. The van der Waals surface area contributed by atoms with Gasteiger partial charge in [0.15, 0.2) is 0 Å². The summed E-state index contributed by atoms with van der Waals surface area (Å²) in [6, 6.07) is 3.32. The topological polar surface area (TPSA) is 25.8 Å². The summed E-state index contributed by atoms with van der Waals surface area (Å²) in [5.74, 6) is -0.968. The second kappa shape index (κ2) is 6.30. The average molecular weight is 301 g/mol. The molecule has 19 heavy (non-hydrogen) atoms. The first-order chi connectivity index (χ1) is 9.11. The van der Waals surface area contributed by atoms with E-state index in [-0.39, 0.29) is 4.90 Å². The Balaban J connectivity index is 2.37. The highest BCUT2D eigenvalue weighted by atomic mass is 35.5. The Morgan fingerprint density at radius 1 is 1.26 bits per heavy atom. The molecule has 0 saturated heterocycles. The zero-order valence-electron chi connectivity index (χ0n) is 10.2. The van der Waals surface area contributed by atoms with Crippen molar-refractivity contribution in [2.45, 2.75) is 29.7 Å². The maximum absolute atomic E-state index is 13.6. The van der Waals surface area contributed by atoms with Gasteiger partial charge < -0.3 is 0 Å². The summed E-state index contributed by atoms with van der Waals surface area (Å²) in [6.45, 7) is 2.00. The molecule has 0 atom stereocenters. The van der Waals surface area contributed by atoms with E-state index in [0.29, 0.717) is 16.6 Å². The van der Waals surface area contributed by atoms with Gasteiger partial charge in [-0.1, -0.05) is 36.7 Å². The van der Waals surface area contributed by atoms with Crippen LogP contribution < -0.4 is 0 Å². The van der Waals surface area contributed by atoms with Crippen LogP contribution in [0.15, 0.2) is 34.4 Å². The summed E-state index contributed by atoms with van der Waals surface area (Å²) in [5, 5.41) is 0.919. The lowest BCUT2D eigenvalue weighted by atomic mass is 10.2. The van der Waals surface area contributed by atoms with E-state index in [0.717, 1.165) is 41.9 Å². The molecule has 0 spiro atoms. The van der Waals surface area contributed by atoms with Gasteiger partial charge in [-0.15, -0.1) is 0 Å². The molecule has 2 nitrogen and oxygen atoms in total. The lowest BCUT2D eigenvalue weighted by molar-refractivity contribution is 0.577. The fraction of sp³-hybridized carbons (Fsp3) is 0.231. The molecule has 1 heterocycles. The van der Waals surface area contributed by atoms with Crippen molar-refractivity contribution in [3.05, 3.63) is 46.9 Å². The number of nitrogens with zero attached hydrogens (tertiary/aromatic N) is 2. The van der Waals surface area contributed by atoms with E-state index >= 15 is 0 Å². The molecule has 0 aliphatic heterocycles. The summed E-state index contributed by atoms with van der Waals surface area (Å²) in [5.41, 5.74) is 0.764. The van der Waals surface area contributed by atoms with E-state index in [1.54, 1.807) is 0 Å². The highest BCUT2D eigenvalue weighted by Gasteiger charge is 2.13. The quantitative estimate of drug-likeness (QED) is 0.777. The number of hydrogen-bond acceptors (Lipinski definition) is 3. The summed E-state index contributed by atoms with van der Waals surface area (Å²) >= 11 is 7.07. The summed E-state index contributed by atoms with van der Waals surface area (Å²) in [6.07, 6.45) is 2.88. The third-order valence-electron chi connectivity index (χ3n) is 2.45. The Kier molecular flexibility index (Phi) is 4.71. The summed E-state index contributed by atoms with van der Waals surface area (Å²) in [4.78, 5) is 8.20. The van der Waals surface area contributed by atoms with Gasteiger partial charge in [-0.25, -0.2) is 18.7 Å². The Morgan fingerprint density at radius 3 is 2.79 bits per heavy atom. The Hall–Kier alpha value is -1.20. The zero-order chi connectivity index (χ0) is 13.8. The second-order valence-corrected chi connectivity index (χ2v) is 5.26. The van der Waals surface area contributed by atoms with Crippen LogP contribution in [-0.4, -0.2) is 9.97 Å². The van der Waals surface area contributed by atoms with E-state index in [1.807, 2.05) is 6.92 Å². The molecule has 0 N–H and O–H groups in total. The monoisotopic (exact) mass is 300 g/mol. The van der Waals surface area contributed by atoms with Gasteiger partial charge in [-0.2, -0.15) is 0 Å². The van der Waals surface area contributed by atoms with Gasteiger partial charge >= 0.3 is 0 Å². The van der Waals surface area contributed by atoms with E-state index in [9.17, 15) is 8.78 Å². The van der Waals surface area contributed by atoms with Crippen molar-refractivity contribution in [3.8, 4) is 0 Å². The third-order valence-corrected chi connectivity index (χ3v) is 3.86. The van der Waals surface area contributed by atoms with E-state index in [4.69, 9.17) is 11.6 Å². The summed E-state index contributed by atoms with van der Waals surface area (Å²) in [7, 11) is 0. The normalized spacial score (nSPS) is 10.7. The standard InChI is InChI=1S/C13H11ClF2N2S/c1-2-3-9-12(14)17-7-18-13(9)19-11-6-8(15)4-5-10(11)16/h4-7H,2-3H2,1H3. The van der Waals surface area contributed by atoms with Crippen molar-refractivity contribution < 1.29 is 8.78 Å². The smallest absolute Gasteiger partial charge is 0.137 e. The van der Waals surface area contributed by atoms with Crippen LogP contribution in [0.2, 0.25) is 5.15 Å². The van der Waals surface area contributed by atoms with Gasteiger partial charge in [0.25, 0.3) is 0 Å². The zero-order valence-corrected chi connectivity index (χ0v) is 11.7. The van der Waals surface area contributed by atoms with E-state index < -0.39 is 11.6 Å². The van der Waals surface area contributed by atoms with Crippen molar-refractivity contribution in [2.75, 3.05) is 0 Å². The predicted octanol–water partition coefficient (Wildman–Crippen LogP) is 4.51. The number of halogens is 3. The van der Waals surface area contributed by atoms with Crippen molar-refractivity contribution in [3.63, 3.8) is 0 Å². The molecular formula is C13H11ClF2N2S. The first-order valence-electron chi connectivity index (χ1n) is 5.74. The van der Waals surface area contributed by atoms with Crippen LogP contribution >= 0.6 is 23.4 Å². The van der Waals surface area contributed by atoms with E-state index in [1.165, 1.54) is 6.33 Å². The summed E-state index contributed by atoms with van der Waals surface area (Å²) < 4.78 is 26.7. The first kappa shape index (κ1) is 14.2. The van der Waals surface area contributed by atoms with Crippen LogP contribution in [0.3, 0.4) is 0 Å². The molecule has 0 saturated carbocycles. The number of aromatic nitrogens is 2. The Labute approximate surface area is 119 Å². The lowest BCUT2D eigenvalue weighted by Gasteiger charge is -2.08. The number of benzene rings is 1. The average Bonchev–Trinajstić information content (AvgIpc) is 2.38. The van der Waals surface area contributed by atoms with Crippen molar-refractivity contribution in [2.24, 2.45) is 0 Å². The molecule has 2 aromatic rings. The van der Waals surface area contributed by atoms with Crippen molar-refractivity contribution in [1.82, 2.24) is 9.97 Å². The largest absolute Gasteiger partial charge is 0.229 e. The first-order valence-corrected chi connectivity index (χ1v) is 6.93. The van der Waals surface area contributed by atoms with Crippen LogP contribution in [-0.2, 0) is 6.42 Å². The predicted molar refractivity (Wildman–Crippen MR) is 71.5 cm³/mol. The minimum Gasteiger partial charge on any atom is -0.229 e. The minimum atomic E-state index is -0.485. The van der Waals surface area contributed by atoms with Crippen LogP contribution in [0.4, 0.5) is 8.78 Å². The highest BCUT2D eigenvalue weighted by Crippen LogP contribution is 2.33. The molecule has 0 amide bonds. The molecule has 100 valence electrons. The van der Waals surface area contributed by atoms with Crippen LogP contribution in [0.5, 0.6) is 0 Å². The molecule has 0 unspecified atom stereocenters. The fourth-order valence-corrected chi connectivity index (χ4v) is 2.83. The Bertz CT molecular complexity index is 593. The van der Waals surface area contributed by atoms with Crippen molar-refractivity contribution >= 4 is 23.4 Å². The molecule has 0 radical (unpaired) electrons. The fourth-order valence-electron chi connectivity index (χ4n) is 1.58.